The number of benzene rings is 1. The number of amides is 1. The lowest BCUT2D eigenvalue weighted by molar-refractivity contribution is 0.0953. The average molecular weight is 218 g/mol. The standard InChI is InChI=1S/C12H14N2O2/c15-12(10-5-2-1-3-6-10)14-13-11-7-4-8-16-9-11/h1-3,5-6H,4,7-9H2,(H,14,15). The van der Waals surface area contributed by atoms with Crippen LogP contribution in [0.3, 0.4) is 0 Å². The zero-order chi connectivity index (χ0) is 11.2. The van der Waals surface area contributed by atoms with Crippen molar-refractivity contribution < 1.29 is 9.53 Å². The van der Waals surface area contributed by atoms with Gasteiger partial charge in [-0.05, 0) is 25.0 Å². The first-order valence-corrected chi connectivity index (χ1v) is 5.35. The normalized spacial score (nSPS) is 18.4. The second-order valence-electron chi connectivity index (χ2n) is 3.64. The van der Waals surface area contributed by atoms with E-state index in [0.717, 1.165) is 25.2 Å². The Morgan fingerprint density at radius 2 is 2.12 bits per heavy atom. The number of hydrogen-bond donors (Lipinski definition) is 1. The van der Waals surface area contributed by atoms with Crippen LogP contribution < -0.4 is 5.43 Å². The summed E-state index contributed by atoms with van der Waals surface area (Å²) in [6.45, 7) is 1.31. The predicted octanol–water partition coefficient (Wildman–Crippen LogP) is 1.58. The maximum atomic E-state index is 11.6. The van der Waals surface area contributed by atoms with E-state index in [1.807, 2.05) is 18.2 Å². The Hall–Kier alpha value is -1.68. The molecule has 1 aromatic carbocycles. The van der Waals surface area contributed by atoms with Gasteiger partial charge in [-0.3, -0.25) is 4.79 Å². The molecule has 0 bridgehead atoms. The van der Waals surface area contributed by atoms with Gasteiger partial charge in [0.05, 0.1) is 12.3 Å². The van der Waals surface area contributed by atoms with Crippen molar-refractivity contribution in [3.05, 3.63) is 35.9 Å². The van der Waals surface area contributed by atoms with Gasteiger partial charge in [-0.2, -0.15) is 5.10 Å². The summed E-state index contributed by atoms with van der Waals surface area (Å²) in [7, 11) is 0. The van der Waals surface area contributed by atoms with E-state index in [1.54, 1.807) is 12.1 Å². The van der Waals surface area contributed by atoms with Crippen LogP contribution in [0.2, 0.25) is 0 Å². The second kappa shape index (κ2) is 5.42. The highest BCUT2D eigenvalue weighted by atomic mass is 16.5. The van der Waals surface area contributed by atoms with E-state index < -0.39 is 0 Å². The molecule has 1 saturated heterocycles. The van der Waals surface area contributed by atoms with Crippen molar-refractivity contribution in [2.45, 2.75) is 12.8 Å². The highest BCUT2D eigenvalue weighted by Crippen LogP contribution is 2.02. The van der Waals surface area contributed by atoms with Crippen LogP contribution in [-0.4, -0.2) is 24.8 Å². The Labute approximate surface area is 94.3 Å². The Kier molecular flexibility index (Phi) is 3.66. The molecule has 1 aromatic rings. The number of nitrogens with one attached hydrogen (secondary N) is 1. The molecule has 0 saturated carbocycles. The first kappa shape index (κ1) is 10.8. The smallest absolute Gasteiger partial charge is 0.271 e. The molecule has 4 heteroatoms. The fraction of sp³-hybridized carbons (Fsp3) is 0.333. The first-order chi connectivity index (χ1) is 7.86. The molecule has 0 unspecified atom stereocenters. The lowest BCUT2D eigenvalue weighted by Crippen LogP contribution is -2.24. The van der Waals surface area contributed by atoms with Crippen LogP contribution in [0, 0.1) is 0 Å². The molecule has 1 amide bonds. The van der Waals surface area contributed by atoms with Crippen LogP contribution in [0.25, 0.3) is 0 Å². The first-order valence-electron chi connectivity index (χ1n) is 5.35. The van der Waals surface area contributed by atoms with Gasteiger partial charge in [0.15, 0.2) is 0 Å². The van der Waals surface area contributed by atoms with Gasteiger partial charge in [-0.1, -0.05) is 18.2 Å². The van der Waals surface area contributed by atoms with Gasteiger partial charge in [0, 0.05) is 12.2 Å². The molecule has 1 fully saturated rings. The minimum absolute atomic E-state index is 0.182. The monoisotopic (exact) mass is 218 g/mol. The third-order valence-electron chi connectivity index (χ3n) is 2.37. The number of nitrogens with zero attached hydrogens (tertiary/aromatic N) is 1. The van der Waals surface area contributed by atoms with Gasteiger partial charge in [0.1, 0.15) is 0 Å². The van der Waals surface area contributed by atoms with Crippen LogP contribution >= 0.6 is 0 Å². The van der Waals surface area contributed by atoms with Crippen LogP contribution in [0.1, 0.15) is 23.2 Å². The topological polar surface area (TPSA) is 50.7 Å². The Morgan fingerprint density at radius 1 is 1.31 bits per heavy atom. The largest absolute Gasteiger partial charge is 0.375 e. The van der Waals surface area contributed by atoms with E-state index in [9.17, 15) is 4.79 Å². The molecule has 0 aromatic heterocycles. The summed E-state index contributed by atoms with van der Waals surface area (Å²) < 4.78 is 5.24. The SMILES string of the molecule is O=C(NN=C1CCCOC1)c1ccccc1. The lowest BCUT2D eigenvalue weighted by atomic mass is 10.2. The number of hydrogen-bond acceptors (Lipinski definition) is 3. The molecule has 0 spiro atoms. The highest BCUT2D eigenvalue weighted by Gasteiger charge is 2.08. The van der Waals surface area contributed by atoms with Crippen LogP contribution in [0.15, 0.2) is 35.4 Å². The number of ether oxygens (including phenoxy) is 1. The number of rotatable bonds is 2. The van der Waals surface area contributed by atoms with Gasteiger partial charge in [0.2, 0.25) is 0 Å². The minimum atomic E-state index is -0.182. The molecule has 1 aliphatic rings. The van der Waals surface area contributed by atoms with E-state index in [0.29, 0.717) is 12.2 Å². The summed E-state index contributed by atoms with van der Waals surface area (Å²) in [6.07, 6.45) is 1.87. The van der Waals surface area contributed by atoms with Crippen molar-refractivity contribution in [3.8, 4) is 0 Å². The molecule has 1 N–H and O–H groups in total. The summed E-state index contributed by atoms with van der Waals surface area (Å²) in [4.78, 5) is 11.6. The highest BCUT2D eigenvalue weighted by molar-refractivity contribution is 5.95. The van der Waals surface area contributed by atoms with Crippen LogP contribution in [-0.2, 0) is 4.74 Å². The van der Waals surface area contributed by atoms with Crippen molar-refractivity contribution in [2.75, 3.05) is 13.2 Å². The predicted molar refractivity (Wildman–Crippen MR) is 61.4 cm³/mol. The Morgan fingerprint density at radius 3 is 2.81 bits per heavy atom. The molecule has 84 valence electrons. The zero-order valence-electron chi connectivity index (χ0n) is 8.98. The lowest BCUT2D eigenvalue weighted by Gasteiger charge is -2.13. The molecule has 16 heavy (non-hydrogen) atoms. The maximum absolute atomic E-state index is 11.6. The number of hydrazone groups is 1. The van der Waals surface area contributed by atoms with E-state index in [-0.39, 0.29) is 5.91 Å². The van der Waals surface area contributed by atoms with Gasteiger partial charge in [0.25, 0.3) is 5.91 Å². The number of carbonyl (C=O) groups is 1. The molecule has 0 atom stereocenters. The number of carbonyl (C=O) groups excluding carboxylic acids is 1. The van der Waals surface area contributed by atoms with Gasteiger partial charge < -0.3 is 4.74 Å². The molecule has 1 heterocycles. The second-order valence-corrected chi connectivity index (χ2v) is 3.64. The van der Waals surface area contributed by atoms with Gasteiger partial charge in [-0.25, -0.2) is 5.43 Å². The maximum Gasteiger partial charge on any atom is 0.271 e. The molecule has 2 rings (SSSR count). The summed E-state index contributed by atoms with van der Waals surface area (Å²) in [5.41, 5.74) is 4.05. The Balaban J connectivity index is 1.92. The zero-order valence-corrected chi connectivity index (χ0v) is 8.98. The Bertz CT molecular complexity index is 379. The fourth-order valence-electron chi connectivity index (χ4n) is 1.51. The average Bonchev–Trinajstić information content (AvgIpc) is 2.38. The summed E-state index contributed by atoms with van der Waals surface area (Å²) >= 11 is 0. The van der Waals surface area contributed by atoms with Gasteiger partial charge in [-0.15, -0.1) is 0 Å². The molecule has 4 nitrogen and oxygen atoms in total. The van der Waals surface area contributed by atoms with E-state index in [1.165, 1.54) is 0 Å². The summed E-state index contributed by atoms with van der Waals surface area (Å²) in [5.74, 6) is -0.182. The molecule has 1 aliphatic heterocycles. The van der Waals surface area contributed by atoms with E-state index >= 15 is 0 Å². The molecular formula is C12H14N2O2. The van der Waals surface area contributed by atoms with Crippen molar-refractivity contribution in [1.82, 2.24) is 5.43 Å². The molecular weight excluding hydrogens is 204 g/mol. The van der Waals surface area contributed by atoms with Crippen molar-refractivity contribution in [2.24, 2.45) is 5.10 Å². The van der Waals surface area contributed by atoms with E-state index in [2.05, 4.69) is 10.5 Å². The van der Waals surface area contributed by atoms with Crippen molar-refractivity contribution in [3.63, 3.8) is 0 Å². The van der Waals surface area contributed by atoms with Crippen LogP contribution in [0.4, 0.5) is 0 Å². The van der Waals surface area contributed by atoms with Gasteiger partial charge >= 0.3 is 0 Å². The minimum Gasteiger partial charge on any atom is -0.375 e. The third kappa shape index (κ3) is 2.90. The molecule has 0 radical (unpaired) electrons. The van der Waals surface area contributed by atoms with Crippen molar-refractivity contribution in [1.29, 1.82) is 0 Å². The third-order valence-corrected chi connectivity index (χ3v) is 2.37. The molecule has 0 aliphatic carbocycles. The summed E-state index contributed by atoms with van der Waals surface area (Å²) in [5, 5.41) is 4.05. The summed E-state index contributed by atoms with van der Waals surface area (Å²) in [6, 6.07) is 9.04. The fourth-order valence-corrected chi connectivity index (χ4v) is 1.51. The van der Waals surface area contributed by atoms with Crippen molar-refractivity contribution >= 4 is 11.6 Å². The van der Waals surface area contributed by atoms with Crippen LogP contribution in [0.5, 0.6) is 0 Å². The quantitative estimate of drug-likeness (QED) is 0.766. The van der Waals surface area contributed by atoms with E-state index in [4.69, 9.17) is 4.74 Å².